The topological polar surface area (TPSA) is 49.4 Å². The fourth-order valence-electron chi connectivity index (χ4n) is 2.17. The van der Waals surface area contributed by atoms with Crippen LogP contribution >= 0.6 is 35.2 Å². The minimum absolute atomic E-state index is 0.0214. The van der Waals surface area contributed by atoms with E-state index >= 15 is 0 Å². The lowest BCUT2D eigenvalue weighted by atomic mass is 10.1. The van der Waals surface area contributed by atoms with Crippen molar-refractivity contribution >= 4 is 63.8 Å². The summed E-state index contributed by atoms with van der Waals surface area (Å²) in [6.45, 7) is 1.92. The first-order valence-electron chi connectivity index (χ1n) is 6.69. The van der Waals surface area contributed by atoms with Crippen LogP contribution in [-0.4, -0.2) is 16.9 Å². The number of anilines is 1. The van der Waals surface area contributed by atoms with Gasteiger partial charge in [-0.3, -0.25) is 19.8 Å². The summed E-state index contributed by atoms with van der Waals surface area (Å²) in [6, 6.07) is 8.78. The average molecular weight is 363 g/mol. The fraction of sp³-hybridized carbons (Fsp3) is 0.0625. The molecular formula is C16H11ClN2O2S2. The molecule has 0 spiro atoms. The van der Waals surface area contributed by atoms with Gasteiger partial charge in [0, 0.05) is 4.88 Å². The van der Waals surface area contributed by atoms with Crippen molar-refractivity contribution in [1.82, 2.24) is 5.32 Å². The lowest BCUT2D eigenvalue weighted by molar-refractivity contribution is -0.122. The molecule has 1 aromatic carbocycles. The number of hydrogen-bond acceptors (Lipinski definition) is 4. The van der Waals surface area contributed by atoms with Crippen LogP contribution in [0.3, 0.4) is 0 Å². The van der Waals surface area contributed by atoms with Crippen LogP contribution in [0.25, 0.3) is 6.08 Å². The number of aryl methyl sites for hydroxylation is 1. The van der Waals surface area contributed by atoms with Crippen LogP contribution in [0.15, 0.2) is 41.3 Å². The summed E-state index contributed by atoms with van der Waals surface area (Å²) in [5.74, 6) is -0.990. The van der Waals surface area contributed by atoms with Crippen LogP contribution in [0.4, 0.5) is 5.69 Å². The van der Waals surface area contributed by atoms with E-state index in [4.69, 9.17) is 23.8 Å². The first kappa shape index (κ1) is 15.9. The number of nitrogens with one attached hydrogen (secondary N) is 1. The van der Waals surface area contributed by atoms with Crippen LogP contribution in [0.1, 0.15) is 10.4 Å². The van der Waals surface area contributed by atoms with Crippen molar-refractivity contribution in [2.45, 2.75) is 6.92 Å². The molecule has 4 nitrogen and oxygen atoms in total. The Kier molecular flexibility index (Phi) is 4.30. The van der Waals surface area contributed by atoms with Crippen LogP contribution in [0, 0.1) is 6.92 Å². The number of hydrogen-bond donors (Lipinski definition) is 1. The zero-order valence-electron chi connectivity index (χ0n) is 12.0. The number of benzene rings is 1. The lowest BCUT2D eigenvalue weighted by Gasteiger charge is -2.29. The predicted octanol–water partition coefficient (Wildman–Crippen LogP) is 3.54. The number of rotatable bonds is 2. The van der Waals surface area contributed by atoms with Crippen LogP contribution in [-0.2, 0) is 9.59 Å². The first-order chi connectivity index (χ1) is 11.0. The van der Waals surface area contributed by atoms with E-state index in [1.54, 1.807) is 30.3 Å². The second-order valence-corrected chi connectivity index (χ2v) is 6.62. The highest BCUT2D eigenvalue weighted by Gasteiger charge is 2.35. The zero-order valence-corrected chi connectivity index (χ0v) is 14.4. The molecule has 0 unspecified atom stereocenters. The number of thiocarbonyl (C=S) groups is 1. The molecule has 1 aliphatic heterocycles. The van der Waals surface area contributed by atoms with E-state index < -0.39 is 11.8 Å². The molecule has 0 bridgehead atoms. The largest absolute Gasteiger partial charge is 0.298 e. The van der Waals surface area contributed by atoms with Gasteiger partial charge in [0.2, 0.25) is 0 Å². The fourth-order valence-corrected chi connectivity index (χ4v) is 3.53. The second kappa shape index (κ2) is 6.23. The first-order valence-corrected chi connectivity index (χ1v) is 8.35. The van der Waals surface area contributed by atoms with E-state index in [0.29, 0.717) is 10.7 Å². The molecule has 3 rings (SSSR count). The Hall–Kier alpha value is -2.02. The van der Waals surface area contributed by atoms with Crippen molar-refractivity contribution in [2.75, 3.05) is 4.90 Å². The summed E-state index contributed by atoms with van der Waals surface area (Å²) in [6.07, 6.45) is 1.59. The monoisotopic (exact) mass is 362 g/mol. The van der Waals surface area contributed by atoms with Gasteiger partial charge >= 0.3 is 0 Å². The number of thiophene rings is 1. The zero-order chi connectivity index (χ0) is 16.6. The van der Waals surface area contributed by atoms with E-state index in [1.165, 1.54) is 16.2 Å². The molecule has 116 valence electrons. The Morgan fingerprint density at radius 1 is 1.26 bits per heavy atom. The summed E-state index contributed by atoms with van der Waals surface area (Å²) in [5, 5.41) is 4.85. The van der Waals surface area contributed by atoms with E-state index in [9.17, 15) is 9.59 Å². The molecule has 1 aromatic heterocycles. The van der Waals surface area contributed by atoms with E-state index in [1.807, 2.05) is 18.4 Å². The maximum atomic E-state index is 12.8. The van der Waals surface area contributed by atoms with Crippen molar-refractivity contribution in [3.63, 3.8) is 0 Å². The smallest absolute Gasteiger partial charge is 0.270 e. The van der Waals surface area contributed by atoms with Gasteiger partial charge in [0.1, 0.15) is 5.57 Å². The van der Waals surface area contributed by atoms with Gasteiger partial charge in [-0.05, 0) is 54.4 Å². The SMILES string of the molecule is Cc1ccsc1/C=C1\C(=O)NC(=S)N(c2ccccc2Cl)C1=O. The number of carbonyl (C=O) groups excluding carboxylic acids is 2. The van der Waals surface area contributed by atoms with Crippen molar-refractivity contribution in [3.8, 4) is 0 Å². The molecule has 1 N–H and O–H groups in total. The standard InChI is InChI=1S/C16H11ClN2O2S2/c1-9-6-7-23-13(9)8-10-14(20)18-16(22)19(15(10)21)12-5-3-2-4-11(12)17/h2-8H,1H3,(H,18,20,22)/b10-8+. The van der Waals surface area contributed by atoms with Gasteiger partial charge in [0.15, 0.2) is 5.11 Å². The Bertz CT molecular complexity index is 857. The molecule has 0 saturated carbocycles. The highest BCUT2D eigenvalue weighted by molar-refractivity contribution is 7.80. The number of nitrogens with zero attached hydrogens (tertiary/aromatic N) is 1. The maximum absolute atomic E-state index is 12.8. The van der Waals surface area contributed by atoms with Crippen molar-refractivity contribution in [1.29, 1.82) is 0 Å². The summed E-state index contributed by atoms with van der Waals surface area (Å²) in [4.78, 5) is 27.1. The molecule has 2 amide bonds. The van der Waals surface area contributed by atoms with Crippen molar-refractivity contribution < 1.29 is 9.59 Å². The van der Waals surface area contributed by atoms with Gasteiger partial charge in [0.25, 0.3) is 11.8 Å². The van der Waals surface area contributed by atoms with E-state index in [2.05, 4.69) is 5.32 Å². The summed E-state index contributed by atoms with van der Waals surface area (Å²) in [7, 11) is 0. The predicted molar refractivity (Wildman–Crippen MR) is 96.7 cm³/mol. The highest BCUT2D eigenvalue weighted by atomic mass is 35.5. The average Bonchev–Trinajstić information content (AvgIpc) is 2.90. The molecule has 0 aliphatic carbocycles. The Balaban J connectivity index is 2.07. The van der Waals surface area contributed by atoms with Gasteiger partial charge < -0.3 is 0 Å². The number of para-hydroxylation sites is 1. The Morgan fingerprint density at radius 3 is 2.65 bits per heavy atom. The van der Waals surface area contributed by atoms with Gasteiger partial charge in [-0.1, -0.05) is 23.7 Å². The summed E-state index contributed by atoms with van der Waals surface area (Å²) in [5.41, 5.74) is 1.47. The van der Waals surface area contributed by atoms with Gasteiger partial charge in [-0.15, -0.1) is 11.3 Å². The second-order valence-electron chi connectivity index (χ2n) is 4.88. The molecule has 1 saturated heterocycles. The molecule has 0 radical (unpaired) electrons. The molecule has 23 heavy (non-hydrogen) atoms. The third kappa shape index (κ3) is 2.93. The minimum atomic E-state index is -0.504. The van der Waals surface area contributed by atoms with E-state index in [-0.39, 0.29) is 10.7 Å². The minimum Gasteiger partial charge on any atom is -0.298 e. The number of carbonyl (C=O) groups is 2. The van der Waals surface area contributed by atoms with Crippen molar-refractivity contribution in [2.24, 2.45) is 0 Å². The summed E-state index contributed by atoms with van der Waals surface area (Å²) >= 11 is 12.8. The Labute approximate surface area is 147 Å². The molecule has 7 heteroatoms. The normalized spacial score (nSPS) is 16.9. The Morgan fingerprint density at radius 2 is 2.00 bits per heavy atom. The molecule has 1 aliphatic rings. The number of halogens is 1. The lowest BCUT2D eigenvalue weighted by Crippen LogP contribution is -2.54. The van der Waals surface area contributed by atoms with Gasteiger partial charge in [-0.25, -0.2) is 0 Å². The number of amides is 2. The van der Waals surface area contributed by atoms with Gasteiger partial charge in [-0.2, -0.15) is 0 Å². The van der Waals surface area contributed by atoms with E-state index in [0.717, 1.165) is 10.4 Å². The molecule has 2 heterocycles. The highest BCUT2D eigenvalue weighted by Crippen LogP contribution is 2.29. The van der Waals surface area contributed by atoms with Crippen LogP contribution in [0.5, 0.6) is 0 Å². The van der Waals surface area contributed by atoms with Crippen LogP contribution < -0.4 is 10.2 Å². The molecule has 2 aromatic rings. The molecular weight excluding hydrogens is 352 g/mol. The van der Waals surface area contributed by atoms with Crippen LogP contribution in [0.2, 0.25) is 5.02 Å². The van der Waals surface area contributed by atoms with Gasteiger partial charge in [0.05, 0.1) is 10.7 Å². The third-order valence-corrected chi connectivity index (χ3v) is 4.94. The summed E-state index contributed by atoms with van der Waals surface area (Å²) < 4.78 is 0. The quantitative estimate of drug-likeness (QED) is 0.505. The molecule has 0 atom stereocenters. The third-order valence-electron chi connectivity index (χ3n) is 3.37. The maximum Gasteiger partial charge on any atom is 0.270 e. The van der Waals surface area contributed by atoms with Crippen molar-refractivity contribution in [3.05, 3.63) is 56.7 Å². The molecule has 1 fully saturated rings.